The molecule has 1 aliphatic heterocycles. The van der Waals surface area contributed by atoms with Crippen molar-refractivity contribution in [1.82, 2.24) is 14.0 Å². The number of benzene rings is 1. The highest BCUT2D eigenvalue weighted by molar-refractivity contribution is 7.71. The van der Waals surface area contributed by atoms with Gasteiger partial charge in [0, 0.05) is 40.3 Å². The van der Waals surface area contributed by atoms with Crippen molar-refractivity contribution in [3.05, 3.63) is 49.6 Å². The van der Waals surface area contributed by atoms with Gasteiger partial charge in [-0.25, -0.2) is 0 Å². The Labute approximate surface area is 184 Å². The minimum atomic E-state index is -0.0604. The summed E-state index contributed by atoms with van der Waals surface area (Å²) in [5.74, 6) is 0.533. The lowest BCUT2D eigenvalue weighted by Gasteiger charge is -2.33. The Kier molecular flexibility index (Phi) is 6.98. The highest BCUT2D eigenvalue weighted by atomic mass is 35.5. The second-order valence-electron chi connectivity index (χ2n) is 6.94. The highest BCUT2D eigenvalue weighted by Gasteiger charge is 2.22. The largest absolute Gasteiger partial charge is 0.374 e. The van der Waals surface area contributed by atoms with Gasteiger partial charge in [0.15, 0.2) is 4.77 Å². The van der Waals surface area contributed by atoms with Gasteiger partial charge in [-0.2, -0.15) is 5.26 Å². The van der Waals surface area contributed by atoms with E-state index in [1.165, 1.54) is 4.57 Å². The molecule has 3 rings (SSSR count). The Morgan fingerprint density at radius 1 is 1.31 bits per heavy atom. The van der Waals surface area contributed by atoms with E-state index in [9.17, 15) is 5.26 Å². The Morgan fingerprint density at radius 2 is 2.07 bits per heavy atom. The van der Waals surface area contributed by atoms with Crippen LogP contribution in [0.25, 0.3) is 0 Å². The van der Waals surface area contributed by atoms with E-state index in [1.807, 2.05) is 18.2 Å². The third-order valence-electron chi connectivity index (χ3n) is 4.94. The number of halogens is 2. The first kappa shape index (κ1) is 21.8. The van der Waals surface area contributed by atoms with Crippen molar-refractivity contribution in [2.45, 2.75) is 12.6 Å². The van der Waals surface area contributed by atoms with Crippen LogP contribution in [0.3, 0.4) is 0 Å². The molecule has 1 saturated heterocycles. The fourth-order valence-corrected chi connectivity index (χ4v) is 3.83. The van der Waals surface area contributed by atoms with Crippen molar-refractivity contribution >= 4 is 41.2 Å². The lowest BCUT2D eigenvalue weighted by atomic mass is 10.2. The molecule has 2 heterocycles. The van der Waals surface area contributed by atoms with Crippen molar-refractivity contribution in [1.29, 1.82) is 10.7 Å². The number of nitriles is 1. The molecule has 0 spiro atoms. The molecule has 2 N–H and O–H groups in total. The predicted octanol–water partition coefficient (Wildman–Crippen LogP) is 3.06. The van der Waals surface area contributed by atoms with Crippen LogP contribution in [-0.4, -0.2) is 46.4 Å². The molecule has 0 saturated carbocycles. The van der Waals surface area contributed by atoms with E-state index in [0.717, 1.165) is 25.2 Å². The maximum Gasteiger partial charge on any atom is 0.182 e. The molecule has 0 radical (unpaired) electrons. The van der Waals surface area contributed by atoms with Gasteiger partial charge in [0.25, 0.3) is 0 Å². The van der Waals surface area contributed by atoms with E-state index >= 15 is 0 Å². The number of nitrogens with zero attached hydrogens (tertiary/aromatic N) is 4. The minimum absolute atomic E-state index is 0.0604. The first-order chi connectivity index (χ1) is 13.8. The second-order valence-corrected chi connectivity index (χ2v) is 8.12. The number of aromatic nitrogens is 2. The number of hydrogen-bond acceptors (Lipinski definition) is 6. The van der Waals surface area contributed by atoms with Crippen LogP contribution < -0.4 is 10.8 Å². The lowest BCUT2D eigenvalue weighted by molar-refractivity contribution is -0.0241. The molecule has 1 aliphatic rings. The predicted molar refractivity (Wildman–Crippen MR) is 116 cm³/mol. The van der Waals surface area contributed by atoms with E-state index in [1.54, 1.807) is 18.7 Å². The van der Waals surface area contributed by atoms with E-state index in [0.29, 0.717) is 33.8 Å². The number of nitrogens with one attached hydrogen (secondary N) is 2. The minimum Gasteiger partial charge on any atom is -0.374 e. The van der Waals surface area contributed by atoms with Gasteiger partial charge in [-0.1, -0.05) is 29.3 Å². The number of hydrogen-bond donors (Lipinski definition) is 2. The first-order valence-electron chi connectivity index (χ1n) is 9.08. The van der Waals surface area contributed by atoms with Gasteiger partial charge in [0.1, 0.15) is 22.9 Å². The van der Waals surface area contributed by atoms with Crippen LogP contribution in [0.1, 0.15) is 11.1 Å². The molecule has 1 aromatic carbocycles. The quantitative estimate of drug-likeness (QED) is 0.681. The molecule has 1 aromatic heterocycles. The third kappa shape index (κ3) is 4.82. The van der Waals surface area contributed by atoms with Crippen LogP contribution >= 0.6 is 35.4 Å². The summed E-state index contributed by atoms with van der Waals surface area (Å²) in [5.41, 5.74) is 1.44. The topological polar surface area (TPSA) is 82.0 Å². The van der Waals surface area contributed by atoms with Crippen LogP contribution in [0.2, 0.25) is 10.0 Å². The van der Waals surface area contributed by atoms with E-state index in [2.05, 4.69) is 16.3 Å². The molecule has 0 amide bonds. The Bertz CT molecular complexity index is 1070. The molecule has 154 valence electrons. The summed E-state index contributed by atoms with van der Waals surface area (Å²) in [6.45, 7) is 3.42. The van der Waals surface area contributed by atoms with Gasteiger partial charge in [0.2, 0.25) is 0 Å². The van der Waals surface area contributed by atoms with Gasteiger partial charge in [-0.3, -0.25) is 10.3 Å². The molecular formula is C19H22Cl2N6OS. The highest BCUT2D eigenvalue weighted by Crippen LogP contribution is 2.23. The fraction of sp³-hybridized carbons (Fsp3) is 0.421. The molecule has 7 nitrogen and oxygen atoms in total. The maximum atomic E-state index is 9.49. The monoisotopic (exact) mass is 452 g/mol. The molecule has 1 atom stereocenters. The normalized spacial score (nSPS) is 17.1. The maximum absolute atomic E-state index is 9.49. The van der Waals surface area contributed by atoms with Crippen LogP contribution in [0.15, 0.2) is 18.2 Å². The van der Waals surface area contributed by atoms with Crippen LogP contribution in [0, 0.1) is 21.5 Å². The Morgan fingerprint density at radius 3 is 2.76 bits per heavy atom. The zero-order chi connectivity index (χ0) is 21.1. The SMILES string of the molecule is Cn1c(NCC2CN(Cc3ccc(Cl)c(Cl)c3)CCO2)c(C#N)c(=N)n(C)c1=S. The van der Waals surface area contributed by atoms with Gasteiger partial charge < -0.3 is 19.2 Å². The van der Waals surface area contributed by atoms with Crippen LogP contribution in [0.4, 0.5) is 5.82 Å². The lowest BCUT2D eigenvalue weighted by Crippen LogP contribution is -2.45. The Hall–Kier alpha value is -1.89. The number of morpholine rings is 1. The summed E-state index contributed by atoms with van der Waals surface area (Å²) in [6, 6.07) is 7.77. The van der Waals surface area contributed by atoms with Crippen molar-refractivity contribution in [3.8, 4) is 6.07 Å². The van der Waals surface area contributed by atoms with Gasteiger partial charge in [0.05, 0.1) is 22.8 Å². The average molecular weight is 453 g/mol. The smallest absolute Gasteiger partial charge is 0.182 e. The van der Waals surface area contributed by atoms with Crippen molar-refractivity contribution in [3.63, 3.8) is 0 Å². The summed E-state index contributed by atoms with van der Waals surface area (Å²) in [7, 11) is 3.46. The standard InChI is InChI=1S/C19H22Cl2N6OS/c1-25-17(23)14(8-22)18(26(2)19(25)29)24-9-13-11-27(5-6-28-13)10-12-3-4-15(20)16(21)7-12/h3-4,7,13,23-24H,5-6,9-11H2,1-2H3. The summed E-state index contributed by atoms with van der Waals surface area (Å²) in [4.78, 5) is 2.29. The molecule has 2 aromatic rings. The molecular weight excluding hydrogens is 431 g/mol. The van der Waals surface area contributed by atoms with Crippen LogP contribution in [0.5, 0.6) is 0 Å². The summed E-state index contributed by atoms with van der Waals surface area (Å²) < 4.78 is 9.57. The number of rotatable bonds is 5. The second kappa shape index (κ2) is 9.28. The van der Waals surface area contributed by atoms with E-state index in [-0.39, 0.29) is 17.2 Å². The molecule has 1 fully saturated rings. The van der Waals surface area contributed by atoms with Gasteiger partial charge >= 0.3 is 0 Å². The van der Waals surface area contributed by atoms with E-state index < -0.39 is 0 Å². The molecule has 10 heteroatoms. The zero-order valence-corrected chi connectivity index (χ0v) is 18.5. The van der Waals surface area contributed by atoms with Gasteiger partial charge in [-0.15, -0.1) is 0 Å². The number of ether oxygens (including phenoxy) is 1. The van der Waals surface area contributed by atoms with Crippen molar-refractivity contribution in [2.24, 2.45) is 14.1 Å². The molecule has 29 heavy (non-hydrogen) atoms. The van der Waals surface area contributed by atoms with Crippen molar-refractivity contribution < 1.29 is 4.74 Å². The molecule has 0 bridgehead atoms. The molecule has 0 aliphatic carbocycles. The summed E-state index contributed by atoms with van der Waals surface area (Å²) in [6.07, 6.45) is -0.0604. The third-order valence-corrected chi connectivity index (χ3v) is 6.23. The molecule has 1 unspecified atom stereocenters. The van der Waals surface area contributed by atoms with Crippen LogP contribution in [-0.2, 0) is 25.4 Å². The number of anilines is 1. The fourth-order valence-electron chi connectivity index (χ4n) is 3.33. The summed E-state index contributed by atoms with van der Waals surface area (Å²) in [5, 5.41) is 22.0. The van der Waals surface area contributed by atoms with Crippen molar-refractivity contribution in [2.75, 3.05) is 31.6 Å². The summed E-state index contributed by atoms with van der Waals surface area (Å²) >= 11 is 17.5. The first-order valence-corrected chi connectivity index (χ1v) is 10.2. The Balaban J connectivity index is 1.69. The zero-order valence-electron chi connectivity index (χ0n) is 16.2. The van der Waals surface area contributed by atoms with Gasteiger partial charge in [-0.05, 0) is 29.9 Å². The van der Waals surface area contributed by atoms with E-state index in [4.69, 9.17) is 45.6 Å². The average Bonchev–Trinajstić information content (AvgIpc) is 2.71.